The predicted molar refractivity (Wildman–Crippen MR) is 304 cm³/mol. The maximum absolute atomic E-state index is 15.2. The van der Waals surface area contributed by atoms with E-state index in [0.29, 0.717) is 49.6 Å². The Labute approximate surface area is 481 Å². The highest BCUT2D eigenvalue weighted by Crippen LogP contribution is 2.32. The first-order valence-electron chi connectivity index (χ1n) is 28.2. The summed E-state index contributed by atoms with van der Waals surface area (Å²) in [6, 6.07) is -3.73. The van der Waals surface area contributed by atoms with Gasteiger partial charge in [0.25, 0.3) is 11.8 Å². The first-order chi connectivity index (χ1) is 39.6. The van der Waals surface area contributed by atoms with Crippen LogP contribution in [0.4, 0.5) is 0 Å². The Hall–Kier alpha value is -8.57. The largest absolute Gasteiger partial charge is 0.461 e. The van der Waals surface area contributed by atoms with Crippen molar-refractivity contribution in [3.05, 3.63) is 94.7 Å². The Morgan fingerprint density at radius 2 is 1.07 bits per heavy atom. The second-order valence-corrected chi connectivity index (χ2v) is 21.8. The number of hydrogen-bond donors (Lipinski definition) is 5. The van der Waals surface area contributed by atoms with Crippen molar-refractivity contribution < 1.29 is 57.4 Å². The van der Waals surface area contributed by atoms with E-state index in [1.165, 1.54) is 70.2 Å². The van der Waals surface area contributed by atoms with Gasteiger partial charge in [0.2, 0.25) is 35.4 Å². The molecule has 0 saturated heterocycles. The lowest BCUT2D eigenvalue weighted by Crippen LogP contribution is -2.60. The fourth-order valence-electron chi connectivity index (χ4n) is 11.4. The molecule has 6 unspecified atom stereocenters. The first-order valence-corrected chi connectivity index (χ1v) is 28.2. The molecule has 2 aliphatic heterocycles. The molecule has 0 spiro atoms. The lowest BCUT2D eigenvalue weighted by molar-refractivity contribution is -0.161. The molecule has 2 saturated carbocycles. The number of H-pyrrole nitrogens is 1. The molecule has 4 aliphatic rings. The zero-order valence-corrected chi connectivity index (χ0v) is 47.9. The minimum absolute atomic E-state index is 0.129. The summed E-state index contributed by atoms with van der Waals surface area (Å²) >= 11 is 0. The van der Waals surface area contributed by atoms with E-state index in [1.54, 1.807) is 36.4 Å². The Balaban J connectivity index is 1.31. The van der Waals surface area contributed by atoms with E-state index in [4.69, 9.17) is 9.47 Å². The molecule has 3 aromatic rings. The number of hydrogen-bond acceptors (Lipinski definition) is 15. The van der Waals surface area contributed by atoms with E-state index in [9.17, 15) is 43.2 Å². The van der Waals surface area contributed by atoms with Crippen molar-refractivity contribution in [2.75, 3.05) is 41.4 Å². The van der Waals surface area contributed by atoms with E-state index in [2.05, 4.69) is 49.4 Å². The maximum atomic E-state index is 15.2. The highest BCUT2D eigenvalue weighted by molar-refractivity contribution is 6.00. The number of aromatic amines is 1. The maximum Gasteiger partial charge on any atom is 0.329 e. The number of fused-ring (bicyclic) bond motifs is 5. The molecule has 2 fully saturated rings. The number of esters is 2. The highest BCUT2D eigenvalue weighted by Gasteiger charge is 2.44. The second kappa shape index (κ2) is 27.9. The van der Waals surface area contributed by atoms with Crippen molar-refractivity contribution in [2.24, 2.45) is 11.8 Å². The summed E-state index contributed by atoms with van der Waals surface area (Å²) in [6.07, 6.45) is 13.1. The fourth-order valence-corrected chi connectivity index (χ4v) is 11.4. The third kappa shape index (κ3) is 14.6. The molecule has 7 rings (SSSR count). The van der Waals surface area contributed by atoms with E-state index in [-0.39, 0.29) is 35.5 Å². The normalized spacial score (nSPS) is 26.2. The molecule has 1 aromatic carbocycles. The number of likely N-dealkylation sites (N-methyl/N-ethyl adjacent to an activating group) is 4. The zero-order valence-electron chi connectivity index (χ0n) is 47.9. The number of pyridine rings is 1. The molecule has 24 nitrogen and oxygen atoms in total. The number of nitrogens with one attached hydrogen (secondary N) is 5. The van der Waals surface area contributed by atoms with Crippen LogP contribution in [0.15, 0.2) is 66.6 Å². The van der Waals surface area contributed by atoms with Gasteiger partial charge in [0.05, 0.1) is 17.2 Å². The van der Waals surface area contributed by atoms with Crippen molar-refractivity contribution in [3.63, 3.8) is 0 Å². The standard InChI is InChI=1S/C59H75N11O13/c1-9-37-38(10-2)63-41(29-47(37)71)50(72)65-43-31-82-58(80)48(35-21-13-11-14-22-35)69(7)56(78)46-28-20-19-27-45(67(5)54(76)33(3)61-52(43)74)57(79)70(8)49(36-23-15-12-16-24-36)59(81)83-32-44(53(75)62-34(4)55(77)68(46)6)66-51(73)42-30-60-39-25-17-18-26-40(39)64-42/h9-10,17-20,25-26,29-30,33-36,43-46,48-49H,1-2,11-16,21-24,27-28,31-32H2,3-8H3,(H,61,74)(H,62,75)(H,63,71)(H,65,72)(H,66,73)/b20-19-/t33?,34?,43?,44?,45-,46-,48?,49?/m0/s1. The van der Waals surface area contributed by atoms with Crippen molar-refractivity contribution in [1.82, 2.24) is 55.8 Å². The summed E-state index contributed by atoms with van der Waals surface area (Å²) in [4.78, 5) is 175. The van der Waals surface area contributed by atoms with Gasteiger partial charge in [-0.15, -0.1) is 0 Å². The molecule has 0 radical (unpaired) electrons. The van der Waals surface area contributed by atoms with Gasteiger partial charge >= 0.3 is 11.9 Å². The van der Waals surface area contributed by atoms with E-state index in [1.807, 2.05) is 0 Å². The second-order valence-electron chi connectivity index (χ2n) is 21.8. The number of para-hydroxylation sites is 2. The van der Waals surface area contributed by atoms with Gasteiger partial charge < -0.3 is 55.3 Å². The average molecular weight is 1150 g/mol. The summed E-state index contributed by atoms with van der Waals surface area (Å²) < 4.78 is 11.8. The zero-order chi connectivity index (χ0) is 60.2. The van der Waals surface area contributed by atoms with Crippen LogP contribution in [0.1, 0.15) is 123 Å². The van der Waals surface area contributed by atoms with E-state index in [0.717, 1.165) is 41.5 Å². The number of cyclic esters (lactones) is 2. The average Bonchev–Trinajstić information content (AvgIpc) is 3.69. The first kappa shape index (κ1) is 62.0. The number of ether oxygens (including phenoxy) is 2. The Morgan fingerprint density at radius 3 is 1.53 bits per heavy atom. The van der Waals surface area contributed by atoms with Gasteiger partial charge in [-0.05, 0) is 82.4 Å². The van der Waals surface area contributed by atoms with Crippen LogP contribution in [-0.4, -0.2) is 183 Å². The van der Waals surface area contributed by atoms with Crippen LogP contribution in [0.2, 0.25) is 0 Å². The molecule has 4 heterocycles. The Bertz CT molecular complexity index is 3090. The van der Waals surface area contributed by atoms with Crippen molar-refractivity contribution in [2.45, 2.75) is 139 Å². The number of rotatable bonds is 8. The van der Waals surface area contributed by atoms with E-state index < -0.39 is 138 Å². The number of nitrogens with zero attached hydrogens (tertiary/aromatic N) is 6. The third-order valence-electron chi connectivity index (χ3n) is 16.2. The van der Waals surface area contributed by atoms with Gasteiger partial charge in [-0.3, -0.25) is 48.1 Å². The van der Waals surface area contributed by atoms with Crippen molar-refractivity contribution >= 4 is 82.4 Å². The molecule has 83 heavy (non-hydrogen) atoms. The summed E-state index contributed by atoms with van der Waals surface area (Å²) in [5.74, 6) is -9.58. The predicted octanol–water partition coefficient (Wildman–Crippen LogP) is 2.43. The topological polar surface area (TPSA) is 309 Å². The van der Waals surface area contributed by atoms with Crippen LogP contribution >= 0.6 is 0 Å². The monoisotopic (exact) mass is 1150 g/mol. The van der Waals surface area contributed by atoms with Crippen LogP contribution in [0.5, 0.6) is 0 Å². The third-order valence-corrected chi connectivity index (χ3v) is 16.2. The van der Waals surface area contributed by atoms with Crippen molar-refractivity contribution in [3.8, 4) is 0 Å². The minimum Gasteiger partial charge on any atom is -0.461 e. The van der Waals surface area contributed by atoms with Crippen LogP contribution in [0, 0.1) is 11.8 Å². The molecule has 2 bridgehead atoms. The quantitative estimate of drug-likeness (QED) is 0.160. The summed E-state index contributed by atoms with van der Waals surface area (Å²) in [5, 5.41) is 10.3. The van der Waals surface area contributed by atoms with Gasteiger partial charge in [-0.2, -0.15) is 0 Å². The summed E-state index contributed by atoms with van der Waals surface area (Å²) in [7, 11) is 5.48. The molecular weight excluding hydrogens is 1070 g/mol. The summed E-state index contributed by atoms with van der Waals surface area (Å²) in [6.45, 7) is 8.46. The van der Waals surface area contributed by atoms with Crippen LogP contribution in [0.3, 0.4) is 0 Å². The fraction of sp³-hybridized carbons (Fsp3) is 0.508. The van der Waals surface area contributed by atoms with Gasteiger partial charge in [0, 0.05) is 45.5 Å². The Kier molecular flexibility index (Phi) is 20.9. The van der Waals surface area contributed by atoms with Gasteiger partial charge in [-0.25, -0.2) is 14.6 Å². The number of aromatic nitrogens is 3. The van der Waals surface area contributed by atoms with Crippen LogP contribution in [0.25, 0.3) is 23.2 Å². The molecule has 2 aliphatic carbocycles. The SMILES string of the molecule is C=Cc1[nH]c(C(=O)NC2COC(=O)C(C3CCCCC3)N(C)C(=O)[C@@H]3C/C=C\C[C@@H](C(=O)N(C)C(C4CCCCC4)C(=O)OCC(NC(=O)c4cnc5ccccc5n4)C(=O)NC(C)C(=O)N3C)N(C)C(=O)C(C)NC2=O)cc(=O)c1C=C. The van der Waals surface area contributed by atoms with E-state index >= 15 is 9.59 Å². The molecule has 8 amide bonds. The summed E-state index contributed by atoms with van der Waals surface area (Å²) in [5.41, 5.74) is 0.118. The smallest absolute Gasteiger partial charge is 0.329 e. The number of amides is 8. The van der Waals surface area contributed by atoms with Gasteiger partial charge in [-0.1, -0.05) is 82.0 Å². The highest BCUT2D eigenvalue weighted by atomic mass is 16.5. The number of carbonyl (C=O) groups is 10. The Morgan fingerprint density at radius 1 is 0.614 bits per heavy atom. The number of carbonyl (C=O) groups excluding carboxylic acids is 10. The lowest BCUT2D eigenvalue weighted by atomic mass is 9.83. The van der Waals surface area contributed by atoms with Crippen molar-refractivity contribution in [1.29, 1.82) is 0 Å². The van der Waals surface area contributed by atoms with Crippen LogP contribution < -0.4 is 26.7 Å². The molecule has 24 heteroatoms. The lowest BCUT2D eigenvalue weighted by Gasteiger charge is -2.39. The minimum atomic E-state index is -1.73. The van der Waals surface area contributed by atoms with Crippen LogP contribution in [-0.2, 0) is 47.8 Å². The van der Waals surface area contributed by atoms with Gasteiger partial charge in [0.15, 0.2) is 5.43 Å². The molecular formula is C59H75N11O13. The molecule has 8 atom stereocenters. The van der Waals surface area contributed by atoms with Gasteiger partial charge in [0.1, 0.15) is 72.9 Å². The number of benzene rings is 1. The molecule has 5 N–H and O–H groups in total. The molecule has 444 valence electrons. The molecule has 2 aromatic heterocycles.